The van der Waals surface area contributed by atoms with Crippen molar-refractivity contribution in [2.75, 3.05) is 20.3 Å². The van der Waals surface area contributed by atoms with Crippen molar-refractivity contribution in [3.63, 3.8) is 0 Å². The average molecular weight is 230 g/mol. The van der Waals surface area contributed by atoms with Gasteiger partial charge < -0.3 is 20.5 Å². The number of ether oxygens (including phenoxy) is 1. The molecule has 0 aromatic carbocycles. The Morgan fingerprint density at radius 2 is 2.31 bits per heavy atom. The van der Waals surface area contributed by atoms with Crippen molar-refractivity contribution < 1.29 is 24.2 Å². The molecule has 0 aliphatic carbocycles. The minimum atomic E-state index is -1.15. The first-order valence-corrected chi connectivity index (χ1v) is 4.78. The van der Waals surface area contributed by atoms with Gasteiger partial charge in [-0.05, 0) is 0 Å². The fourth-order valence-corrected chi connectivity index (χ4v) is 1.68. The van der Waals surface area contributed by atoms with E-state index in [1.807, 2.05) is 0 Å². The van der Waals surface area contributed by atoms with Crippen molar-refractivity contribution in [1.82, 2.24) is 4.90 Å². The van der Waals surface area contributed by atoms with Crippen LogP contribution in [0, 0.1) is 5.92 Å². The van der Waals surface area contributed by atoms with Gasteiger partial charge in [0.25, 0.3) is 0 Å². The van der Waals surface area contributed by atoms with E-state index in [0.717, 1.165) is 4.90 Å². The molecule has 1 rings (SSSR count). The molecular formula is C9H14N2O5. The fourth-order valence-electron chi connectivity index (χ4n) is 1.68. The summed E-state index contributed by atoms with van der Waals surface area (Å²) in [5.41, 5.74) is 5.08. The summed E-state index contributed by atoms with van der Waals surface area (Å²) in [5, 5.41) is 8.92. The second kappa shape index (κ2) is 4.93. The van der Waals surface area contributed by atoms with Gasteiger partial charge in [0.15, 0.2) is 6.04 Å². The first-order chi connectivity index (χ1) is 7.47. The van der Waals surface area contributed by atoms with Gasteiger partial charge in [0.2, 0.25) is 11.8 Å². The molecule has 0 aromatic heterocycles. The zero-order valence-electron chi connectivity index (χ0n) is 8.88. The van der Waals surface area contributed by atoms with Crippen LogP contribution in [0.5, 0.6) is 0 Å². The molecule has 90 valence electrons. The summed E-state index contributed by atoms with van der Waals surface area (Å²) in [6, 6.07) is -1.05. The van der Waals surface area contributed by atoms with E-state index in [1.165, 1.54) is 7.11 Å². The lowest BCUT2D eigenvalue weighted by molar-refractivity contribution is -0.150. The number of hydrogen-bond acceptors (Lipinski definition) is 4. The van der Waals surface area contributed by atoms with Crippen molar-refractivity contribution in [3.05, 3.63) is 0 Å². The van der Waals surface area contributed by atoms with Gasteiger partial charge in [0.1, 0.15) is 0 Å². The maximum atomic E-state index is 11.5. The van der Waals surface area contributed by atoms with Crippen LogP contribution in [0.2, 0.25) is 0 Å². The number of aliphatic carboxylic acids is 1. The maximum absolute atomic E-state index is 11.5. The Labute approximate surface area is 92.1 Å². The second-order valence-corrected chi connectivity index (χ2v) is 3.66. The topological polar surface area (TPSA) is 110 Å². The SMILES string of the molecule is COC[C@@H](C(=O)O)N1CC(C(N)=O)CC1=O. The summed E-state index contributed by atoms with van der Waals surface area (Å²) in [6.07, 6.45) is -0.0250. The zero-order valence-corrected chi connectivity index (χ0v) is 8.88. The van der Waals surface area contributed by atoms with Gasteiger partial charge >= 0.3 is 5.97 Å². The summed E-state index contributed by atoms with van der Waals surface area (Å²) in [4.78, 5) is 34.5. The summed E-state index contributed by atoms with van der Waals surface area (Å²) in [6.45, 7) is -0.0545. The molecule has 3 N–H and O–H groups in total. The molecule has 0 aromatic rings. The second-order valence-electron chi connectivity index (χ2n) is 3.66. The quantitative estimate of drug-likeness (QED) is 0.592. The van der Waals surface area contributed by atoms with Crippen molar-refractivity contribution in [2.24, 2.45) is 11.7 Å². The first kappa shape index (κ1) is 12.4. The molecule has 1 unspecified atom stereocenters. The van der Waals surface area contributed by atoms with Gasteiger partial charge in [-0.3, -0.25) is 9.59 Å². The lowest BCUT2D eigenvalue weighted by atomic mass is 10.1. The van der Waals surface area contributed by atoms with Crippen LogP contribution in [0.4, 0.5) is 0 Å². The van der Waals surface area contributed by atoms with Crippen molar-refractivity contribution in [3.8, 4) is 0 Å². The molecule has 1 aliphatic heterocycles. The van der Waals surface area contributed by atoms with Gasteiger partial charge in [0.05, 0.1) is 12.5 Å². The molecular weight excluding hydrogens is 216 g/mol. The number of carboxylic acid groups (broad SMARTS) is 1. The van der Waals surface area contributed by atoms with E-state index in [-0.39, 0.29) is 25.5 Å². The number of methoxy groups -OCH3 is 1. The number of carbonyl (C=O) groups excluding carboxylic acids is 2. The van der Waals surface area contributed by atoms with E-state index < -0.39 is 23.8 Å². The van der Waals surface area contributed by atoms with Crippen molar-refractivity contribution >= 4 is 17.8 Å². The lowest BCUT2D eigenvalue weighted by Gasteiger charge is -2.23. The summed E-state index contributed by atoms with van der Waals surface area (Å²) in [7, 11) is 1.35. The largest absolute Gasteiger partial charge is 0.480 e. The molecule has 1 aliphatic rings. The molecule has 7 nitrogen and oxygen atoms in total. The molecule has 2 amide bonds. The predicted molar refractivity (Wildman–Crippen MR) is 52.3 cm³/mol. The van der Waals surface area contributed by atoms with Crippen LogP contribution in [0.15, 0.2) is 0 Å². The highest BCUT2D eigenvalue weighted by Crippen LogP contribution is 2.20. The number of amides is 2. The van der Waals surface area contributed by atoms with Crippen LogP contribution in [0.25, 0.3) is 0 Å². The molecule has 16 heavy (non-hydrogen) atoms. The van der Waals surface area contributed by atoms with Crippen LogP contribution in [-0.2, 0) is 19.1 Å². The number of nitrogens with two attached hydrogens (primary N) is 1. The third-order valence-corrected chi connectivity index (χ3v) is 2.55. The van der Waals surface area contributed by atoms with Gasteiger partial charge in [-0.2, -0.15) is 0 Å². The molecule has 2 atom stereocenters. The highest BCUT2D eigenvalue weighted by Gasteiger charge is 2.39. The lowest BCUT2D eigenvalue weighted by Crippen LogP contribution is -2.45. The third-order valence-electron chi connectivity index (χ3n) is 2.55. The van der Waals surface area contributed by atoms with Crippen LogP contribution in [0.1, 0.15) is 6.42 Å². The molecule has 1 heterocycles. The Hall–Kier alpha value is -1.63. The molecule has 1 fully saturated rings. The highest BCUT2D eigenvalue weighted by molar-refractivity contribution is 5.91. The Morgan fingerprint density at radius 3 is 2.69 bits per heavy atom. The number of nitrogens with zero attached hydrogens (tertiary/aromatic N) is 1. The maximum Gasteiger partial charge on any atom is 0.328 e. The van der Waals surface area contributed by atoms with E-state index in [0.29, 0.717) is 0 Å². The van der Waals surface area contributed by atoms with Gasteiger partial charge in [0, 0.05) is 20.1 Å². The summed E-state index contributed by atoms with van der Waals surface area (Å²) < 4.78 is 4.73. The molecule has 7 heteroatoms. The van der Waals surface area contributed by atoms with E-state index in [2.05, 4.69) is 0 Å². The molecule has 0 radical (unpaired) electrons. The minimum Gasteiger partial charge on any atom is -0.480 e. The standard InChI is InChI=1S/C9H14N2O5/c1-16-4-6(9(14)15)11-3-5(8(10)13)2-7(11)12/h5-6H,2-4H2,1H3,(H2,10,13)(H,14,15)/t5?,6-/m0/s1. The third kappa shape index (κ3) is 2.48. The number of rotatable bonds is 5. The Morgan fingerprint density at radius 1 is 1.69 bits per heavy atom. The Balaban J connectivity index is 2.75. The molecule has 0 spiro atoms. The van der Waals surface area contributed by atoms with Crippen LogP contribution >= 0.6 is 0 Å². The molecule has 0 saturated carbocycles. The average Bonchev–Trinajstić information content (AvgIpc) is 2.56. The molecule has 1 saturated heterocycles. The van der Waals surface area contributed by atoms with Crippen LogP contribution in [-0.4, -0.2) is 54.1 Å². The number of likely N-dealkylation sites (tertiary alicyclic amines) is 1. The minimum absolute atomic E-state index is 0.0250. The molecule has 0 bridgehead atoms. The van der Waals surface area contributed by atoms with E-state index in [9.17, 15) is 14.4 Å². The monoisotopic (exact) mass is 230 g/mol. The van der Waals surface area contributed by atoms with Gasteiger partial charge in [-0.1, -0.05) is 0 Å². The Bertz CT molecular complexity index is 317. The van der Waals surface area contributed by atoms with E-state index in [1.54, 1.807) is 0 Å². The van der Waals surface area contributed by atoms with Crippen molar-refractivity contribution in [1.29, 1.82) is 0 Å². The first-order valence-electron chi connectivity index (χ1n) is 4.78. The normalized spacial score (nSPS) is 22.2. The summed E-state index contributed by atoms with van der Waals surface area (Å²) >= 11 is 0. The zero-order chi connectivity index (χ0) is 12.3. The number of carbonyl (C=O) groups is 3. The van der Waals surface area contributed by atoms with E-state index >= 15 is 0 Å². The number of hydrogen-bond donors (Lipinski definition) is 2. The van der Waals surface area contributed by atoms with Gasteiger partial charge in [-0.25, -0.2) is 4.79 Å². The highest BCUT2D eigenvalue weighted by atomic mass is 16.5. The fraction of sp³-hybridized carbons (Fsp3) is 0.667. The van der Waals surface area contributed by atoms with E-state index in [4.69, 9.17) is 15.6 Å². The predicted octanol–water partition coefficient (Wildman–Crippen LogP) is -1.58. The number of carboxylic acids is 1. The number of primary amides is 1. The van der Waals surface area contributed by atoms with Gasteiger partial charge in [-0.15, -0.1) is 0 Å². The smallest absolute Gasteiger partial charge is 0.328 e. The van der Waals surface area contributed by atoms with Crippen molar-refractivity contribution in [2.45, 2.75) is 12.5 Å². The van der Waals surface area contributed by atoms with Crippen LogP contribution < -0.4 is 5.73 Å². The van der Waals surface area contributed by atoms with Crippen LogP contribution in [0.3, 0.4) is 0 Å². The summed E-state index contributed by atoms with van der Waals surface area (Å²) in [5.74, 6) is -2.72. The Kier molecular flexibility index (Phi) is 3.83.